The van der Waals surface area contributed by atoms with E-state index < -0.39 is 0 Å². The first-order chi connectivity index (χ1) is 9.86. The van der Waals surface area contributed by atoms with Crippen LogP contribution in [0.3, 0.4) is 0 Å². The van der Waals surface area contributed by atoms with Gasteiger partial charge in [0.05, 0.1) is 12.5 Å². The Kier molecular flexibility index (Phi) is 5.85. The van der Waals surface area contributed by atoms with E-state index in [1.54, 1.807) is 7.11 Å². The molecule has 2 aromatic rings. The van der Waals surface area contributed by atoms with Gasteiger partial charge >= 0.3 is 0 Å². The molecule has 0 saturated carbocycles. The molecule has 0 bridgehead atoms. The van der Waals surface area contributed by atoms with E-state index in [4.69, 9.17) is 27.9 Å². The van der Waals surface area contributed by atoms with Gasteiger partial charge in [0.25, 0.3) is 0 Å². The molecule has 0 N–H and O–H groups in total. The fourth-order valence-electron chi connectivity index (χ4n) is 2.32. The summed E-state index contributed by atoms with van der Waals surface area (Å²) in [6.07, 6.45) is 0. The second-order valence-corrected chi connectivity index (χ2v) is 7.67. The van der Waals surface area contributed by atoms with Gasteiger partial charge in [0.2, 0.25) is 0 Å². The number of hydrogen-bond acceptors (Lipinski definition) is 1. The first-order valence-corrected chi connectivity index (χ1v) is 8.98. The molecule has 0 saturated heterocycles. The van der Waals surface area contributed by atoms with E-state index in [9.17, 15) is 0 Å². The Bertz CT molecular complexity index is 688. The minimum absolute atomic E-state index is 0.318. The number of alkyl halides is 1. The van der Waals surface area contributed by atoms with E-state index in [-0.39, 0.29) is 5.38 Å². The monoisotopic (exact) mass is 498 g/mol. The first kappa shape index (κ1) is 17.4. The number of aryl methyl sites for hydroxylation is 1. The Morgan fingerprint density at radius 3 is 2.52 bits per heavy atom. The van der Waals surface area contributed by atoms with Crippen molar-refractivity contribution in [3.63, 3.8) is 0 Å². The van der Waals surface area contributed by atoms with Gasteiger partial charge in [-0.1, -0.05) is 27.5 Å². The summed E-state index contributed by atoms with van der Waals surface area (Å²) < 4.78 is 7.69. The highest BCUT2D eigenvalue weighted by atomic mass is 127. The molecule has 2 rings (SSSR count). The topological polar surface area (TPSA) is 9.23 Å². The zero-order valence-corrected chi connectivity index (χ0v) is 17.1. The number of halogens is 4. The lowest BCUT2D eigenvalue weighted by Gasteiger charge is -2.21. The van der Waals surface area contributed by atoms with Gasteiger partial charge in [-0.3, -0.25) is 0 Å². The van der Waals surface area contributed by atoms with E-state index in [0.717, 1.165) is 36.0 Å². The van der Waals surface area contributed by atoms with Crippen LogP contribution in [-0.4, -0.2) is 7.11 Å². The van der Waals surface area contributed by atoms with Crippen molar-refractivity contribution in [2.24, 2.45) is 0 Å². The molecule has 0 aliphatic heterocycles. The molecule has 2 aromatic carbocycles. The van der Waals surface area contributed by atoms with Crippen LogP contribution in [0.15, 0.2) is 28.7 Å². The molecule has 0 aliphatic rings. The maximum Gasteiger partial charge on any atom is 0.127 e. The van der Waals surface area contributed by atoms with Gasteiger partial charge in [0, 0.05) is 18.6 Å². The normalized spacial score (nSPS) is 12.3. The maximum absolute atomic E-state index is 6.78. The zero-order valence-electron chi connectivity index (χ0n) is 11.8. The summed E-state index contributed by atoms with van der Waals surface area (Å²) >= 11 is 18.8. The van der Waals surface area contributed by atoms with Gasteiger partial charge in [-0.25, -0.2) is 0 Å². The molecule has 0 aromatic heterocycles. The summed E-state index contributed by atoms with van der Waals surface area (Å²) in [6, 6.07) is 7.80. The highest BCUT2D eigenvalue weighted by molar-refractivity contribution is 14.1. The van der Waals surface area contributed by atoms with Crippen LogP contribution in [0.25, 0.3) is 0 Å². The predicted octanol–water partition coefficient (Wildman–Crippen LogP) is 6.66. The predicted molar refractivity (Wildman–Crippen MR) is 102 cm³/mol. The van der Waals surface area contributed by atoms with Crippen LogP contribution in [0.4, 0.5) is 0 Å². The average Bonchev–Trinajstić information content (AvgIpc) is 2.44. The molecule has 1 unspecified atom stereocenters. The van der Waals surface area contributed by atoms with Crippen molar-refractivity contribution in [3.8, 4) is 5.75 Å². The quantitative estimate of drug-likeness (QED) is 0.339. The van der Waals surface area contributed by atoms with Crippen LogP contribution >= 0.6 is 61.7 Å². The van der Waals surface area contributed by atoms with Gasteiger partial charge in [-0.2, -0.15) is 0 Å². The van der Waals surface area contributed by atoms with Crippen molar-refractivity contribution in [3.05, 3.63) is 59.6 Å². The van der Waals surface area contributed by atoms with E-state index in [2.05, 4.69) is 38.5 Å². The molecule has 0 amide bonds. The summed E-state index contributed by atoms with van der Waals surface area (Å²) in [5.74, 6) is 0.825. The third-order valence-electron chi connectivity index (χ3n) is 3.40. The third kappa shape index (κ3) is 3.52. The smallest absolute Gasteiger partial charge is 0.127 e. The Morgan fingerprint density at radius 1 is 1.24 bits per heavy atom. The summed E-state index contributed by atoms with van der Waals surface area (Å²) in [5.41, 5.74) is 4.09. The zero-order chi connectivity index (χ0) is 15.7. The second kappa shape index (κ2) is 7.07. The lowest BCUT2D eigenvalue weighted by atomic mass is 9.96. The van der Waals surface area contributed by atoms with Crippen LogP contribution in [0.5, 0.6) is 5.75 Å². The second-order valence-electron chi connectivity index (χ2n) is 4.78. The van der Waals surface area contributed by atoms with Crippen molar-refractivity contribution in [2.75, 3.05) is 7.11 Å². The van der Waals surface area contributed by atoms with Gasteiger partial charge in [0.1, 0.15) is 5.75 Å². The largest absolute Gasteiger partial charge is 0.496 e. The van der Waals surface area contributed by atoms with Crippen molar-refractivity contribution in [1.82, 2.24) is 0 Å². The lowest BCUT2D eigenvalue weighted by Crippen LogP contribution is -2.04. The van der Waals surface area contributed by atoms with Gasteiger partial charge in [-0.15, -0.1) is 11.6 Å². The van der Waals surface area contributed by atoms with Crippen LogP contribution in [-0.2, 0) is 0 Å². The Labute approximate surface area is 157 Å². The lowest BCUT2D eigenvalue weighted by molar-refractivity contribution is 0.406. The first-order valence-electron chi connectivity index (χ1n) is 6.29. The molecule has 112 valence electrons. The van der Waals surface area contributed by atoms with Crippen LogP contribution < -0.4 is 4.74 Å². The van der Waals surface area contributed by atoms with Gasteiger partial charge < -0.3 is 4.74 Å². The SMILES string of the molecule is COc1c(C)cc(Br)c(C)c1C(Cl)c1cc(Cl)ccc1I. The highest BCUT2D eigenvalue weighted by Gasteiger charge is 2.23. The summed E-state index contributed by atoms with van der Waals surface area (Å²) in [7, 11) is 1.67. The molecule has 0 fully saturated rings. The maximum atomic E-state index is 6.78. The molecule has 0 spiro atoms. The molecule has 0 heterocycles. The highest BCUT2D eigenvalue weighted by Crippen LogP contribution is 2.43. The van der Waals surface area contributed by atoms with Crippen molar-refractivity contribution >= 4 is 61.7 Å². The number of rotatable bonds is 3. The van der Waals surface area contributed by atoms with Crippen LogP contribution in [0.2, 0.25) is 5.02 Å². The third-order valence-corrected chi connectivity index (χ3v) is 5.89. The molecule has 21 heavy (non-hydrogen) atoms. The Hall–Kier alpha value is 0.0300. The number of hydrogen-bond donors (Lipinski definition) is 0. The molecule has 1 atom stereocenters. The van der Waals surface area contributed by atoms with Gasteiger partial charge in [0.15, 0.2) is 0 Å². The molecule has 0 radical (unpaired) electrons. The molecule has 1 nitrogen and oxygen atoms in total. The molecular formula is C16H14BrCl2IO. The van der Waals surface area contributed by atoms with E-state index >= 15 is 0 Å². The minimum Gasteiger partial charge on any atom is -0.496 e. The fourth-order valence-corrected chi connectivity index (χ4v) is 4.33. The fraction of sp³-hybridized carbons (Fsp3) is 0.250. The minimum atomic E-state index is -0.318. The van der Waals surface area contributed by atoms with Crippen molar-refractivity contribution < 1.29 is 4.74 Å². The number of methoxy groups -OCH3 is 1. The van der Waals surface area contributed by atoms with Gasteiger partial charge in [-0.05, 0) is 77.4 Å². The Balaban J connectivity index is 2.68. The standard InChI is InChI=1S/C16H14BrCl2IO/c1-8-6-12(17)9(2)14(16(8)21-3)15(19)11-7-10(18)4-5-13(11)20/h4-7,15H,1-3H3. The van der Waals surface area contributed by atoms with Crippen molar-refractivity contribution in [1.29, 1.82) is 0 Å². The van der Waals surface area contributed by atoms with Crippen molar-refractivity contribution in [2.45, 2.75) is 19.2 Å². The number of ether oxygens (including phenoxy) is 1. The number of benzene rings is 2. The summed E-state index contributed by atoms with van der Waals surface area (Å²) in [6.45, 7) is 4.05. The van der Waals surface area contributed by atoms with E-state index in [1.165, 1.54) is 0 Å². The summed E-state index contributed by atoms with van der Waals surface area (Å²) in [4.78, 5) is 0. The summed E-state index contributed by atoms with van der Waals surface area (Å²) in [5, 5.41) is 0.362. The average molecular weight is 500 g/mol. The van der Waals surface area contributed by atoms with Crippen LogP contribution in [0, 0.1) is 17.4 Å². The molecule has 0 aliphatic carbocycles. The Morgan fingerprint density at radius 2 is 1.90 bits per heavy atom. The van der Waals surface area contributed by atoms with E-state index in [0.29, 0.717) is 5.02 Å². The van der Waals surface area contributed by atoms with Crippen LogP contribution in [0.1, 0.15) is 27.6 Å². The molecule has 5 heteroatoms. The molecular weight excluding hydrogens is 486 g/mol. The van der Waals surface area contributed by atoms with E-state index in [1.807, 2.05) is 38.1 Å².